The van der Waals surface area contributed by atoms with E-state index in [-0.39, 0.29) is 11.8 Å². The van der Waals surface area contributed by atoms with Crippen LogP contribution in [0.4, 0.5) is 11.5 Å². The molecule has 0 bridgehead atoms. The zero-order valence-electron chi connectivity index (χ0n) is 16.4. The minimum absolute atomic E-state index is 0.138. The molecule has 1 unspecified atom stereocenters. The van der Waals surface area contributed by atoms with Crippen molar-refractivity contribution in [2.24, 2.45) is 0 Å². The standard InChI is InChI=1S/C22H27N5O2/c23-19-8-4-3-7-18(19)22(29)26-20-10-9-15(13-24-20)21(28)25-14-17-11-12-27(17)16-5-1-2-6-16/h3-4,7-10,13,16-17H,1-2,5-6,11-12,14,23H2,(H,25,28)(H,24,26,29). The molecule has 1 aromatic heterocycles. The number of nitrogen functional groups attached to an aromatic ring is 1. The number of pyridine rings is 1. The van der Waals surface area contributed by atoms with Gasteiger partial charge in [0.2, 0.25) is 0 Å². The number of hydrogen-bond donors (Lipinski definition) is 3. The van der Waals surface area contributed by atoms with Crippen LogP contribution >= 0.6 is 0 Å². The van der Waals surface area contributed by atoms with E-state index < -0.39 is 0 Å². The van der Waals surface area contributed by atoms with Gasteiger partial charge < -0.3 is 16.4 Å². The molecule has 1 aliphatic heterocycles. The van der Waals surface area contributed by atoms with E-state index in [4.69, 9.17) is 5.73 Å². The first kappa shape index (κ1) is 19.4. The third-order valence-electron chi connectivity index (χ3n) is 5.95. The maximum atomic E-state index is 12.4. The summed E-state index contributed by atoms with van der Waals surface area (Å²) in [6.07, 6.45) is 7.85. The number of carbonyl (C=O) groups is 2. The van der Waals surface area contributed by atoms with E-state index in [0.717, 1.165) is 13.0 Å². The van der Waals surface area contributed by atoms with Gasteiger partial charge in [-0.1, -0.05) is 25.0 Å². The minimum Gasteiger partial charge on any atom is -0.398 e. The maximum Gasteiger partial charge on any atom is 0.258 e. The lowest BCUT2D eigenvalue weighted by atomic mass is 9.98. The van der Waals surface area contributed by atoms with Gasteiger partial charge in [0, 0.05) is 37.1 Å². The van der Waals surface area contributed by atoms with Gasteiger partial charge in [-0.3, -0.25) is 14.5 Å². The van der Waals surface area contributed by atoms with E-state index >= 15 is 0 Å². The van der Waals surface area contributed by atoms with Gasteiger partial charge in [0.15, 0.2) is 0 Å². The Morgan fingerprint density at radius 2 is 1.86 bits per heavy atom. The Morgan fingerprint density at radius 1 is 1.07 bits per heavy atom. The highest BCUT2D eigenvalue weighted by molar-refractivity contribution is 6.07. The first-order valence-corrected chi connectivity index (χ1v) is 10.3. The number of nitrogens with two attached hydrogens (primary N) is 1. The molecule has 1 aliphatic carbocycles. The van der Waals surface area contributed by atoms with E-state index in [1.165, 1.54) is 31.9 Å². The fourth-order valence-electron chi connectivity index (χ4n) is 4.20. The summed E-state index contributed by atoms with van der Waals surface area (Å²) in [6.45, 7) is 1.81. The Morgan fingerprint density at radius 3 is 2.52 bits per heavy atom. The average molecular weight is 393 g/mol. The number of likely N-dealkylation sites (tertiary alicyclic amines) is 1. The van der Waals surface area contributed by atoms with Crippen LogP contribution in [0.1, 0.15) is 52.8 Å². The second-order valence-corrected chi connectivity index (χ2v) is 7.80. The van der Waals surface area contributed by atoms with Gasteiger partial charge >= 0.3 is 0 Å². The summed E-state index contributed by atoms with van der Waals surface area (Å²) in [5.74, 6) is -0.0908. The van der Waals surface area contributed by atoms with Crippen LogP contribution in [0.2, 0.25) is 0 Å². The topological polar surface area (TPSA) is 100 Å². The zero-order valence-corrected chi connectivity index (χ0v) is 16.4. The number of aromatic nitrogens is 1. The maximum absolute atomic E-state index is 12.4. The van der Waals surface area contributed by atoms with Crippen LogP contribution in [0.3, 0.4) is 0 Å². The summed E-state index contributed by atoms with van der Waals surface area (Å²) in [5, 5.41) is 5.73. The molecule has 2 aromatic rings. The van der Waals surface area contributed by atoms with Crippen LogP contribution in [0.5, 0.6) is 0 Å². The first-order chi connectivity index (χ1) is 14.1. The van der Waals surface area contributed by atoms with Gasteiger partial charge in [-0.15, -0.1) is 0 Å². The normalized spacial score (nSPS) is 19.5. The molecule has 0 radical (unpaired) electrons. The number of carbonyl (C=O) groups excluding carboxylic acids is 2. The lowest BCUT2D eigenvalue weighted by Gasteiger charge is -2.45. The number of nitrogens with one attached hydrogen (secondary N) is 2. The summed E-state index contributed by atoms with van der Waals surface area (Å²) in [6, 6.07) is 11.3. The van der Waals surface area contributed by atoms with Crippen molar-refractivity contribution < 1.29 is 9.59 Å². The third-order valence-corrected chi connectivity index (χ3v) is 5.95. The summed E-state index contributed by atoms with van der Waals surface area (Å²) in [7, 11) is 0. The summed E-state index contributed by atoms with van der Waals surface area (Å²) < 4.78 is 0. The Balaban J connectivity index is 1.29. The molecule has 1 atom stereocenters. The molecule has 4 rings (SSSR count). The number of hydrogen-bond acceptors (Lipinski definition) is 5. The number of benzene rings is 1. The number of amides is 2. The largest absolute Gasteiger partial charge is 0.398 e. The van der Waals surface area contributed by atoms with Crippen LogP contribution in [-0.4, -0.2) is 46.9 Å². The minimum atomic E-state index is -0.329. The van der Waals surface area contributed by atoms with E-state index in [0.29, 0.717) is 41.3 Å². The van der Waals surface area contributed by atoms with E-state index in [1.54, 1.807) is 36.4 Å². The highest BCUT2D eigenvalue weighted by atomic mass is 16.2. The van der Waals surface area contributed by atoms with Crippen molar-refractivity contribution in [3.05, 3.63) is 53.7 Å². The van der Waals surface area contributed by atoms with Crippen LogP contribution in [0.15, 0.2) is 42.6 Å². The van der Waals surface area contributed by atoms with Crippen LogP contribution in [-0.2, 0) is 0 Å². The molecule has 1 aromatic carbocycles. The van der Waals surface area contributed by atoms with Crippen molar-refractivity contribution in [1.82, 2.24) is 15.2 Å². The van der Waals surface area contributed by atoms with Crippen molar-refractivity contribution >= 4 is 23.3 Å². The molecule has 1 saturated heterocycles. The molecule has 2 fully saturated rings. The van der Waals surface area contributed by atoms with E-state index in [9.17, 15) is 9.59 Å². The van der Waals surface area contributed by atoms with Gasteiger partial charge in [0.1, 0.15) is 5.82 Å². The molecular formula is C22H27N5O2. The monoisotopic (exact) mass is 393 g/mol. The number of rotatable bonds is 6. The van der Waals surface area contributed by atoms with Gasteiger partial charge in [0.05, 0.1) is 11.1 Å². The molecule has 2 amide bonds. The summed E-state index contributed by atoms with van der Waals surface area (Å²) >= 11 is 0. The van der Waals surface area contributed by atoms with Crippen molar-refractivity contribution in [1.29, 1.82) is 0 Å². The summed E-state index contributed by atoms with van der Waals surface area (Å²) in [5.41, 5.74) is 7.10. The zero-order chi connectivity index (χ0) is 20.2. The second-order valence-electron chi connectivity index (χ2n) is 7.80. The van der Waals surface area contributed by atoms with Crippen LogP contribution in [0.25, 0.3) is 0 Å². The predicted molar refractivity (Wildman–Crippen MR) is 113 cm³/mol. The van der Waals surface area contributed by atoms with Gasteiger partial charge in [-0.25, -0.2) is 4.98 Å². The Hall–Kier alpha value is -2.93. The number of nitrogens with zero attached hydrogens (tertiary/aromatic N) is 2. The Kier molecular flexibility index (Phi) is 5.76. The SMILES string of the molecule is Nc1ccccc1C(=O)Nc1ccc(C(=O)NCC2CCN2C2CCCC2)cn1. The molecular weight excluding hydrogens is 366 g/mol. The Labute approximate surface area is 170 Å². The van der Waals surface area contributed by atoms with Crippen LogP contribution < -0.4 is 16.4 Å². The lowest BCUT2D eigenvalue weighted by Crippen LogP contribution is -2.56. The molecule has 7 nitrogen and oxygen atoms in total. The molecule has 7 heteroatoms. The lowest BCUT2D eigenvalue weighted by molar-refractivity contribution is 0.0425. The molecule has 152 valence electrons. The molecule has 4 N–H and O–H groups in total. The highest BCUT2D eigenvalue weighted by Gasteiger charge is 2.35. The average Bonchev–Trinajstić information content (AvgIpc) is 3.22. The highest BCUT2D eigenvalue weighted by Crippen LogP contribution is 2.30. The van der Waals surface area contributed by atoms with E-state index in [2.05, 4.69) is 20.5 Å². The molecule has 0 spiro atoms. The fraction of sp³-hybridized carbons (Fsp3) is 0.409. The smallest absolute Gasteiger partial charge is 0.258 e. The van der Waals surface area contributed by atoms with Gasteiger partial charge in [0.25, 0.3) is 11.8 Å². The fourth-order valence-corrected chi connectivity index (χ4v) is 4.20. The summed E-state index contributed by atoms with van der Waals surface area (Å²) in [4.78, 5) is 31.5. The van der Waals surface area contributed by atoms with Crippen LogP contribution in [0, 0.1) is 0 Å². The van der Waals surface area contributed by atoms with Gasteiger partial charge in [-0.2, -0.15) is 0 Å². The molecule has 2 heterocycles. The predicted octanol–water partition coefficient (Wildman–Crippen LogP) is 2.66. The number of para-hydroxylation sites is 1. The molecule has 1 saturated carbocycles. The second kappa shape index (κ2) is 8.61. The van der Waals surface area contributed by atoms with Crippen molar-refractivity contribution in [3.8, 4) is 0 Å². The first-order valence-electron chi connectivity index (χ1n) is 10.3. The quantitative estimate of drug-likeness (QED) is 0.655. The molecule has 29 heavy (non-hydrogen) atoms. The van der Waals surface area contributed by atoms with Crippen molar-refractivity contribution in [2.75, 3.05) is 24.1 Å². The number of anilines is 2. The van der Waals surface area contributed by atoms with Gasteiger partial charge in [-0.05, 0) is 43.5 Å². The molecule has 2 aliphatic rings. The third kappa shape index (κ3) is 4.40. The van der Waals surface area contributed by atoms with Crippen molar-refractivity contribution in [2.45, 2.75) is 44.2 Å². The van der Waals surface area contributed by atoms with Crippen molar-refractivity contribution in [3.63, 3.8) is 0 Å². The van der Waals surface area contributed by atoms with E-state index in [1.807, 2.05) is 0 Å². The Bertz CT molecular complexity index is 877.